The molecular weight excluding hydrogens is 136 g/mol. The fourth-order valence-electron chi connectivity index (χ4n) is 0.385. The molecule has 1 rings (SSSR count). The van der Waals surface area contributed by atoms with Crippen LogP contribution in [0.3, 0.4) is 0 Å². The van der Waals surface area contributed by atoms with E-state index in [1.165, 1.54) is 0 Å². The van der Waals surface area contributed by atoms with Crippen LogP contribution in [0.1, 0.15) is 0 Å². The second-order valence-corrected chi connectivity index (χ2v) is 1.15. The van der Waals surface area contributed by atoms with Gasteiger partial charge in [0.1, 0.15) is 0 Å². The van der Waals surface area contributed by atoms with Crippen molar-refractivity contribution in [1.82, 2.24) is 0 Å². The molecule has 0 aliphatic heterocycles. The van der Waals surface area contributed by atoms with Crippen molar-refractivity contribution in [3.8, 4) is 0 Å². The molecule has 0 radical (unpaired) electrons. The summed E-state index contributed by atoms with van der Waals surface area (Å²) < 4.78 is 0. The van der Waals surface area contributed by atoms with E-state index in [-0.39, 0.29) is 27.2 Å². The number of hydrogen-bond acceptors (Lipinski definition) is 0. The normalized spacial score (nSPS) is 6.00. The Hall–Kier alpha value is -0.106. The summed E-state index contributed by atoms with van der Waals surface area (Å²) in [6, 6.07) is 12.0. The molecule has 1 nitrogen and oxygen atoms in total. The Bertz CT molecular complexity index is 80.5. The Kier molecular flexibility index (Phi) is 9.31. The van der Waals surface area contributed by atoms with Gasteiger partial charge in [0.25, 0.3) is 0 Å². The van der Waals surface area contributed by atoms with Gasteiger partial charge >= 0.3 is 0 Å². The fourth-order valence-corrected chi connectivity index (χ4v) is 0.385. The van der Waals surface area contributed by atoms with Gasteiger partial charge in [-0.1, -0.05) is 36.4 Å². The molecule has 0 saturated carbocycles. The van der Waals surface area contributed by atoms with Crippen LogP contribution in [0.25, 0.3) is 0 Å². The van der Waals surface area contributed by atoms with Gasteiger partial charge in [-0.3, -0.25) is 0 Å². The van der Waals surface area contributed by atoms with Crippen molar-refractivity contribution in [3.05, 3.63) is 36.4 Å². The van der Waals surface area contributed by atoms with E-state index < -0.39 is 0 Å². The molecule has 2 N–H and O–H groups in total. The first-order valence-electron chi connectivity index (χ1n) is 2.00. The van der Waals surface area contributed by atoms with Crippen LogP contribution in [0.5, 0.6) is 0 Å². The largest absolute Gasteiger partial charge is 0.412 e. The first-order valence-corrected chi connectivity index (χ1v) is 2.00. The summed E-state index contributed by atoms with van der Waals surface area (Å²) in [5.74, 6) is 0. The number of hydrogen-bond donors (Lipinski definition) is 0. The van der Waals surface area contributed by atoms with Crippen LogP contribution in [-0.2, 0) is 21.7 Å². The Morgan fingerprint density at radius 2 is 0.625 bits per heavy atom. The molecule has 0 spiro atoms. The molecule has 0 aromatic heterocycles. The molecule has 8 heavy (non-hydrogen) atoms. The van der Waals surface area contributed by atoms with Gasteiger partial charge in [-0.25, -0.2) is 0 Å². The molecular formula is C6H8OTi. The Balaban J connectivity index is 0. The Morgan fingerprint density at radius 1 is 0.500 bits per heavy atom. The third kappa shape index (κ3) is 4.06. The minimum atomic E-state index is 0. The predicted octanol–water partition coefficient (Wildman–Crippen LogP) is 0.859. The third-order valence-corrected chi connectivity index (χ3v) is 0.667. The summed E-state index contributed by atoms with van der Waals surface area (Å²) in [6.45, 7) is 0. The summed E-state index contributed by atoms with van der Waals surface area (Å²) in [5, 5.41) is 0. The van der Waals surface area contributed by atoms with E-state index in [0.717, 1.165) is 0 Å². The van der Waals surface area contributed by atoms with Crippen LogP contribution in [0, 0.1) is 0 Å². The summed E-state index contributed by atoms with van der Waals surface area (Å²) >= 11 is 0. The Morgan fingerprint density at radius 3 is 0.750 bits per heavy atom. The number of benzene rings is 1. The van der Waals surface area contributed by atoms with Crippen LogP contribution in [-0.4, -0.2) is 5.48 Å². The molecule has 0 aliphatic carbocycles. The van der Waals surface area contributed by atoms with Crippen molar-refractivity contribution in [1.29, 1.82) is 0 Å². The zero-order valence-electron chi connectivity index (χ0n) is 4.46. The molecule has 0 saturated heterocycles. The van der Waals surface area contributed by atoms with E-state index >= 15 is 0 Å². The smallest absolute Gasteiger partial charge is 0 e. The van der Waals surface area contributed by atoms with Crippen molar-refractivity contribution in [3.63, 3.8) is 0 Å². The molecule has 0 fully saturated rings. The maximum atomic E-state index is 2.00. The zero-order valence-corrected chi connectivity index (χ0v) is 6.03. The predicted molar refractivity (Wildman–Crippen MR) is 30.1 cm³/mol. The molecule has 1 aromatic rings. The third-order valence-electron chi connectivity index (χ3n) is 0.667. The minimum absolute atomic E-state index is 0. The van der Waals surface area contributed by atoms with E-state index in [2.05, 4.69) is 0 Å². The van der Waals surface area contributed by atoms with Crippen molar-refractivity contribution in [2.45, 2.75) is 0 Å². The van der Waals surface area contributed by atoms with Crippen molar-refractivity contribution < 1.29 is 27.2 Å². The molecule has 0 heterocycles. The van der Waals surface area contributed by atoms with Crippen molar-refractivity contribution in [2.75, 3.05) is 0 Å². The minimum Gasteiger partial charge on any atom is -0.412 e. The SMILES string of the molecule is O.[Ti].c1ccccc1. The number of rotatable bonds is 0. The summed E-state index contributed by atoms with van der Waals surface area (Å²) in [4.78, 5) is 0. The van der Waals surface area contributed by atoms with Gasteiger partial charge in [0.05, 0.1) is 0 Å². The Labute approximate surface area is 63.9 Å². The van der Waals surface area contributed by atoms with Gasteiger partial charge in [-0.05, 0) is 0 Å². The fraction of sp³-hybridized carbons (Fsp3) is 0. The van der Waals surface area contributed by atoms with E-state index in [0.29, 0.717) is 0 Å². The van der Waals surface area contributed by atoms with Crippen molar-refractivity contribution in [2.24, 2.45) is 0 Å². The van der Waals surface area contributed by atoms with Gasteiger partial charge in [-0.15, -0.1) is 0 Å². The quantitative estimate of drug-likeness (QED) is 0.483. The molecule has 0 amide bonds. The average Bonchev–Trinajstić information content (AvgIpc) is 1.72. The zero-order chi connectivity index (χ0) is 4.24. The topological polar surface area (TPSA) is 31.5 Å². The molecule has 42 valence electrons. The maximum Gasteiger partial charge on any atom is 0 e. The standard InChI is InChI=1S/C6H6.H2O.Ti/c1-2-4-6-5-3-1;;/h1-6H;1H2;. The van der Waals surface area contributed by atoms with Gasteiger partial charge in [0, 0.05) is 21.7 Å². The van der Waals surface area contributed by atoms with Gasteiger partial charge < -0.3 is 5.48 Å². The van der Waals surface area contributed by atoms with Crippen LogP contribution < -0.4 is 0 Å². The van der Waals surface area contributed by atoms with Crippen LogP contribution in [0.15, 0.2) is 36.4 Å². The van der Waals surface area contributed by atoms with E-state index in [4.69, 9.17) is 0 Å². The molecule has 1 aromatic carbocycles. The van der Waals surface area contributed by atoms with Crippen molar-refractivity contribution >= 4 is 0 Å². The van der Waals surface area contributed by atoms with E-state index in [9.17, 15) is 0 Å². The van der Waals surface area contributed by atoms with Crippen LogP contribution in [0.2, 0.25) is 0 Å². The van der Waals surface area contributed by atoms with Crippen LogP contribution in [0.4, 0.5) is 0 Å². The summed E-state index contributed by atoms with van der Waals surface area (Å²) in [7, 11) is 0. The molecule has 0 bridgehead atoms. The van der Waals surface area contributed by atoms with Gasteiger partial charge in [0.2, 0.25) is 0 Å². The molecule has 2 heteroatoms. The second-order valence-electron chi connectivity index (χ2n) is 1.15. The summed E-state index contributed by atoms with van der Waals surface area (Å²) in [5.41, 5.74) is 0. The first-order chi connectivity index (χ1) is 3.00. The van der Waals surface area contributed by atoms with E-state index in [1.54, 1.807) is 0 Å². The second kappa shape index (κ2) is 6.89. The van der Waals surface area contributed by atoms with E-state index in [1.807, 2.05) is 36.4 Å². The molecule has 0 unspecified atom stereocenters. The van der Waals surface area contributed by atoms with Gasteiger partial charge in [-0.2, -0.15) is 0 Å². The summed E-state index contributed by atoms with van der Waals surface area (Å²) in [6.07, 6.45) is 0. The monoisotopic (exact) mass is 144 g/mol. The molecule has 0 atom stereocenters. The van der Waals surface area contributed by atoms with Crippen LogP contribution >= 0.6 is 0 Å². The molecule has 0 aliphatic rings. The average molecular weight is 144 g/mol. The van der Waals surface area contributed by atoms with Gasteiger partial charge in [0.15, 0.2) is 0 Å². The maximum absolute atomic E-state index is 2.00. The first kappa shape index (κ1) is 10.8.